The largest absolute Gasteiger partial charge is 0.466 e. The normalized spacial score (nSPS) is 11.4. The van der Waals surface area contributed by atoms with Crippen molar-refractivity contribution in [3.63, 3.8) is 0 Å². The summed E-state index contributed by atoms with van der Waals surface area (Å²) in [6.07, 6.45) is -4.15. The minimum Gasteiger partial charge on any atom is -0.466 e. The van der Waals surface area contributed by atoms with Gasteiger partial charge < -0.3 is 10.1 Å². The lowest BCUT2D eigenvalue weighted by atomic mass is 10.00. The van der Waals surface area contributed by atoms with Crippen molar-refractivity contribution in [3.8, 4) is 22.4 Å². The maximum Gasteiger partial charge on any atom is 0.416 e. The van der Waals surface area contributed by atoms with E-state index in [1.54, 1.807) is 25.1 Å². The molecule has 0 radical (unpaired) electrons. The SMILES string of the molecule is CCOC(=O)CCNc1cc(-c2ccc(-c3cccc(C(F)(F)F)c3)cc2)nc2ccccc12. The molecule has 4 nitrogen and oxygen atoms in total. The second-order valence-electron chi connectivity index (χ2n) is 7.71. The second-order valence-corrected chi connectivity index (χ2v) is 7.71. The molecular formula is C27H23F3N2O2. The van der Waals surface area contributed by atoms with Gasteiger partial charge in [0.25, 0.3) is 0 Å². The van der Waals surface area contributed by atoms with E-state index in [2.05, 4.69) is 5.32 Å². The maximum atomic E-state index is 13.1. The van der Waals surface area contributed by atoms with Gasteiger partial charge in [0.05, 0.1) is 29.8 Å². The predicted molar refractivity (Wildman–Crippen MR) is 127 cm³/mol. The van der Waals surface area contributed by atoms with E-state index in [9.17, 15) is 18.0 Å². The number of pyridine rings is 1. The molecule has 1 N–H and O–H groups in total. The molecule has 4 aromatic rings. The number of halogens is 3. The van der Waals surface area contributed by atoms with Crippen LogP contribution < -0.4 is 5.32 Å². The fourth-order valence-corrected chi connectivity index (χ4v) is 3.71. The highest BCUT2D eigenvalue weighted by molar-refractivity contribution is 5.94. The van der Waals surface area contributed by atoms with E-state index in [1.807, 2.05) is 42.5 Å². The van der Waals surface area contributed by atoms with Crippen molar-refractivity contribution in [3.05, 3.63) is 84.4 Å². The van der Waals surface area contributed by atoms with Crippen molar-refractivity contribution in [2.75, 3.05) is 18.5 Å². The van der Waals surface area contributed by atoms with Crippen LogP contribution in [0.1, 0.15) is 18.9 Å². The average molecular weight is 464 g/mol. The molecule has 0 unspecified atom stereocenters. The van der Waals surface area contributed by atoms with Gasteiger partial charge >= 0.3 is 12.1 Å². The van der Waals surface area contributed by atoms with Crippen molar-refractivity contribution in [1.29, 1.82) is 0 Å². The molecule has 34 heavy (non-hydrogen) atoms. The van der Waals surface area contributed by atoms with Crippen LogP contribution in [0.3, 0.4) is 0 Å². The van der Waals surface area contributed by atoms with Gasteiger partial charge in [-0.3, -0.25) is 4.79 Å². The highest BCUT2D eigenvalue weighted by Crippen LogP contribution is 2.33. The van der Waals surface area contributed by atoms with Crippen molar-refractivity contribution in [1.82, 2.24) is 4.98 Å². The highest BCUT2D eigenvalue weighted by Gasteiger charge is 2.30. The lowest BCUT2D eigenvalue weighted by Crippen LogP contribution is -2.11. The van der Waals surface area contributed by atoms with Gasteiger partial charge in [-0.25, -0.2) is 4.98 Å². The Bertz CT molecular complexity index is 1300. The number of hydrogen-bond donors (Lipinski definition) is 1. The molecule has 0 atom stereocenters. The van der Waals surface area contributed by atoms with Gasteiger partial charge in [-0.05, 0) is 42.3 Å². The Morgan fingerprint density at radius 3 is 2.38 bits per heavy atom. The summed E-state index contributed by atoms with van der Waals surface area (Å²) in [6.45, 7) is 2.53. The lowest BCUT2D eigenvalue weighted by Gasteiger charge is -2.13. The summed E-state index contributed by atoms with van der Waals surface area (Å²) in [5.41, 5.74) is 3.68. The van der Waals surface area contributed by atoms with Crippen LogP contribution in [0.2, 0.25) is 0 Å². The molecule has 0 fully saturated rings. The maximum absolute atomic E-state index is 13.1. The molecule has 174 valence electrons. The van der Waals surface area contributed by atoms with Gasteiger partial charge in [0.2, 0.25) is 0 Å². The number of aromatic nitrogens is 1. The molecule has 0 amide bonds. The number of esters is 1. The van der Waals surface area contributed by atoms with Gasteiger partial charge in [0.1, 0.15) is 0 Å². The predicted octanol–water partition coefficient (Wildman–Crippen LogP) is 6.95. The summed E-state index contributed by atoms with van der Waals surface area (Å²) in [7, 11) is 0. The number of hydrogen-bond acceptors (Lipinski definition) is 4. The number of alkyl halides is 3. The van der Waals surface area contributed by atoms with Gasteiger partial charge in [0, 0.05) is 23.2 Å². The monoisotopic (exact) mass is 464 g/mol. The fraction of sp³-hybridized carbons (Fsp3) is 0.185. The van der Waals surface area contributed by atoms with Crippen LogP contribution >= 0.6 is 0 Å². The Balaban J connectivity index is 1.62. The Kier molecular flexibility index (Phi) is 6.82. The first-order valence-corrected chi connectivity index (χ1v) is 10.9. The molecule has 1 aromatic heterocycles. The van der Waals surface area contributed by atoms with E-state index in [1.165, 1.54) is 6.07 Å². The number of para-hydroxylation sites is 1. The first-order chi connectivity index (χ1) is 16.3. The second kappa shape index (κ2) is 9.95. The Morgan fingerprint density at radius 2 is 1.65 bits per heavy atom. The summed E-state index contributed by atoms with van der Waals surface area (Å²) in [4.78, 5) is 16.4. The van der Waals surface area contributed by atoms with Crippen molar-refractivity contribution in [2.24, 2.45) is 0 Å². The standard InChI is InChI=1S/C27H23F3N2O2/c1-2-34-26(33)14-15-31-25-17-24(32-23-9-4-3-8-22(23)25)19-12-10-18(11-13-19)20-6-5-7-21(16-20)27(28,29)30/h3-13,16-17H,2,14-15H2,1H3,(H,31,32). The van der Waals surface area contributed by atoms with Crippen LogP contribution in [0.5, 0.6) is 0 Å². The minimum atomic E-state index is -4.39. The van der Waals surface area contributed by atoms with Crippen LogP contribution in [-0.4, -0.2) is 24.1 Å². The summed E-state index contributed by atoms with van der Waals surface area (Å²) in [5, 5.41) is 4.22. The highest BCUT2D eigenvalue weighted by atomic mass is 19.4. The number of fused-ring (bicyclic) bond motifs is 1. The molecule has 0 aliphatic rings. The first-order valence-electron chi connectivity index (χ1n) is 10.9. The molecule has 0 aliphatic carbocycles. The Hall–Kier alpha value is -3.87. The van der Waals surface area contributed by atoms with Gasteiger partial charge in [-0.1, -0.05) is 54.6 Å². The number of rotatable bonds is 7. The molecular weight excluding hydrogens is 441 g/mol. The van der Waals surface area contributed by atoms with E-state index in [4.69, 9.17) is 9.72 Å². The van der Waals surface area contributed by atoms with Gasteiger partial charge in [0.15, 0.2) is 0 Å². The molecule has 0 saturated carbocycles. The van der Waals surface area contributed by atoms with Crippen LogP contribution in [0.25, 0.3) is 33.3 Å². The number of anilines is 1. The molecule has 0 aliphatic heterocycles. The molecule has 4 rings (SSSR count). The molecule has 7 heteroatoms. The number of nitrogens with one attached hydrogen (secondary N) is 1. The summed E-state index contributed by atoms with van der Waals surface area (Å²) in [6, 6.07) is 22.1. The fourth-order valence-electron chi connectivity index (χ4n) is 3.71. The molecule has 1 heterocycles. The van der Waals surface area contributed by atoms with E-state index >= 15 is 0 Å². The number of carbonyl (C=O) groups excluding carboxylic acids is 1. The molecule has 0 spiro atoms. The van der Waals surface area contributed by atoms with Crippen molar-refractivity contribution < 1.29 is 22.7 Å². The van der Waals surface area contributed by atoms with Crippen LogP contribution in [-0.2, 0) is 15.7 Å². The van der Waals surface area contributed by atoms with E-state index in [0.717, 1.165) is 34.3 Å². The Morgan fingerprint density at radius 1 is 0.912 bits per heavy atom. The van der Waals surface area contributed by atoms with Crippen molar-refractivity contribution in [2.45, 2.75) is 19.5 Å². The summed E-state index contributed by atoms with van der Waals surface area (Å²) >= 11 is 0. The summed E-state index contributed by atoms with van der Waals surface area (Å²) < 4.78 is 44.2. The van der Waals surface area contributed by atoms with Crippen LogP contribution in [0, 0.1) is 0 Å². The third-order valence-electron chi connectivity index (χ3n) is 5.37. The molecule has 0 bridgehead atoms. The van der Waals surface area contributed by atoms with E-state index < -0.39 is 11.7 Å². The smallest absolute Gasteiger partial charge is 0.416 e. The number of carbonyl (C=O) groups is 1. The third-order valence-corrected chi connectivity index (χ3v) is 5.37. The summed E-state index contributed by atoms with van der Waals surface area (Å²) in [5.74, 6) is -0.265. The topological polar surface area (TPSA) is 51.2 Å². The first kappa shape index (κ1) is 23.3. The number of ether oxygens (including phenoxy) is 1. The zero-order chi connectivity index (χ0) is 24.1. The van der Waals surface area contributed by atoms with E-state index in [0.29, 0.717) is 30.0 Å². The third kappa shape index (κ3) is 5.36. The average Bonchev–Trinajstić information content (AvgIpc) is 2.84. The van der Waals surface area contributed by atoms with Crippen LogP contribution in [0.15, 0.2) is 78.9 Å². The number of benzene rings is 3. The molecule has 3 aromatic carbocycles. The lowest BCUT2D eigenvalue weighted by molar-refractivity contribution is -0.142. The van der Waals surface area contributed by atoms with Crippen molar-refractivity contribution >= 4 is 22.6 Å². The van der Waals surface area contributed by atoms with Gasteiger partial charge in [-0.15, -0.1) is 0 Å². The zero-order valence-electron chi connectivity index (χ0n) is 18.5. The zero-order valence-corrected chi connectivity index (χ0v) is 18.5. The quantitative estimate of drug-likeness (QED) is 0.301. The van der Waals surface area contributed by atoms with Crippen LogP contribution in [0.4, 0.5) is 18.9 Å². The molecule has 0 saturated heterocycles. The number of nitrogens with zero attached hydrogens (tertiary/aromatic N) is 1. The Labute approximate surface area is 195 Å². The minimum absolute atomic E-state index is 0.242. The van der Waals surface area contributed by atoms with E-state index in [-0.39, 0.29) is 12.4 Å². The van der Waals surface area contributed by atoms with Gasteiger partial charge in [-0.2, -0.15) is 13.2 Å².